The van der Waals surface area contributed by atoms with Gasteiger partial charge in [-0.1, -0.05) is 0 Å². The average molecular weight is 283 g/mol. The molecule has 0 aromatic rings. The summed E-state index contributed by atoms with van der Waals surface area (Å²) in [4.78, 5) is 13.9. The van der Waals surface area contributed by atoms with Crippen LogP contribution in [0.5, 0.6) is 0 Å². The van der Waals surface area contributed by atoms with Gasteiger partial charge in [-0.25, -0.2) is 0 Å². The van der Waals surface area contributed by atoms with Crippen molar-refractivity contribution in [3.63, 3.8) is 0 Å². The number of esters is 1. The number of nitriles is 1. The van der Waals surface area contributed by atoms with E-state index >= 15 is 0 Å². The van der Waals surface area contributed by atoms with Crippen LogP contribution in [0.3, 0.4) is 0 Å². The molecule has 0 spiro atoms. The molecule has 6 nitrogen and oxygen atoms in total. The van der Waals surface area contributed by atoms with Crippen LogP contribution < -0.4 is 5.32 Å². The molecule has 1 unspecified atom stereocenters. The van der Waals surface area contributed by atoms with Crippen LogP contribution in [0.2, 0.25) is 0 Å². The van der Waals surface area contributed by atoms with Gasteiger partial charge in [0.25, 0.3) is 0 Å². The Morgan fingerprint density at radius 2 is 2.25 bits per heavy atom. The number of carbonyl (C=O) groups excluding carboxylic acids is 1. The summed E-state index contributed by atoms with van der Waals surface area (Å²) in [6.07, 6.45) is 0.411. The zero-order valence-corrected chi connectivity index (χ0v) is 12.6. The van der Waals surface area contributed by atoms with Gasteiger partial charge < -0.3 is 14.8 Å². The number of carbonyl (C=O) groups is 1. The van der Waals surface area contributed by atoms with E-state index in [2.05, 4.69) is 10.2 Å². The minimum absolute atomic E-state index is 0.191. The molecule has 6 heteroatoms. The van der Waals surface area contributed by atoms with Crippen LogP contribution in [0, 0.1) is 11.3 Å². The molecule has 0 bridgehead atoms. The van der Waals surface area contributed by atoms with Gasteiger partial charge in [0.2, 0.25) is 0 Å². The molecule has 1 heterocycles. The largest absolute Gasteiger partial charge is 0.459 e. The lowest BCUT2D eigenvalue weighted by Gasteiger charge is -2.33. The van der Waals surface area contributed by atoms with Crippen LogP contribution in [0.15, 0.2) is 0 Å². The third-order valence-corrected chi connectivity index (χ3v) is 2.79. The van der Waals surface area contributed by atoms with Gasteiger partial charge in [0.1, 0.15) is 5.60 Å². The van der Waals surface area contributed by atoms with Crippen LogP contribution in [0.1, 0.15) is 27.2 Å². The molecule has 1 saturated heterocycles. The Balaban J connectivity index is 2.26. The van der Waals surface area contributed by atoms with Gasteiger partial charge in [0.05, 0.1) is 32.2 Å². The van der Waals surface area contributed by atoms with Gasteiger partial charge in [0, 0.05) is 25.7 Å². The van der Waals surface area contributed by atoms with E-state index in [0.29, 0.717) is 26.2 Å². The topological polar surface area (TPSA) is 74.6 Å². The molecule has 0 amide bonds. The number of nitrogens with one attached hydrogen (secondary N) is 1. The van der Waals surface area contributed by atoms with E-state index in [1.165, 1.54) is 0 Å². The Labute approximate surface area is 121 Å². The van der Waals surface area contributed by atoms with Crippen LogP contribution in [0.25, 0.3) is 0 Å². The van der Waals surface area contributed by atoms with E-state index in [0.717, 1.165) is 19.6 Å². The summed E-state index contributed by atoms with van der Waals surface area (Å²) in [5.74, 6) is -0.191. The molecule has 0 aliphatic carbocycles. The minimum Gasteiger partial charge on any atom is -0.459 e. The zero-order valence-electron chi connectivity index (χ0n) is 12.6. The smallest absolute Gasteiger partial charge is 0.320 e. The highest BCUT2D eigenvalue weighted by Gasteiger charge is 2.23. The third-order valence-electron chi connectivity index (χ3n) is 2.79. The van der Waals surface area contributed by atoms with E-state index < -0.39 is 5.60 Å². The third kappa shape index (κ3) is 7.43. The highest BCUT2D eigenvalue weighted by Crippen LogP contribution is 2.08. The van der Waals surface area contributed by atoms with Crippen LogP contribution in [0.4, 0.5) is 0 Å². The SMILES string of the molecule is CC(C)(C)OC(=O)CN1CCNC(COCCC#N)C1. The fourth-order valence-electron chi connectivity index (χ4n) is 2.05. The van der Waals surface area contributed by atoms with Crippen molar-refractivity contribution in [1.29, 1.82) is 5.26 Å². The molecule has 114 valence electrons. The predicted molar refractivity (Wildman–Crippen MR) is 75.1 cm³/mol. The Morgan fingerprint density at radius 1 is 1.50 bits per heavy atom. The predicted octanol–water partition coefficient (Wildman–Crippen LogP) is 0.532. The van der Waals surface area contributed by atoms with Crippen molar-refractivity contribution >= 4 is 5.97 Å². The number of piperazine rings is 1. The first-order valence-corrected chi connectivity index (χ1v) is 7.03. The highest BCUT2D eigenvalue weighted by molar-refractivity contribution is 5.72. The lowest BCUT2D eigenvalue weighted by atomic mass is 10.2. The van der Waals surface area contributed by atoms with E-state index in [1.54, 1.807) is 0 Å². The van der Waals surface area contributed by atoms with Gasteiger partial charge in [-0.15, -0.1) is 0 Å². The van der Waals surface area contributed by atoms with E-state index in [9.17, 15) is 4.79 Å². The first kappa shape index (κ1) is 16.9. The second-order valence-electron chi connectivity index (χ2n) is 5.96. The van der Waals surface area contributed by atoms with Crippen molar-refractivity contribution in [1.82, 2.24) is 10.2 Å². The van der Waals surface area contributed by atoms with Crippen molar-refractivity contribution in [3.05, 3.63) is 0 Å². The number of nitrogens with zero attached hydrogens (tertiary/aromatic N) is 2. The quantitative estimate of drug-likeness (QED) is 0.566. The molecule has 0 aromatic heterocycles. The maximum atomic E-state index is 11.8. The van der Waals surface area contributed by atoms with Crippen molar-refractivity contribution in [2.24, 2.45) is 0 Å². The number of hydrogen-bond acceptors (Lipinski definition) is 6. The van der Waals surface area contributed by atoms with E-state index in [4.69, 9.17) is 14.7 Å². The fourth-order valence-corrected chi connectivity index (χ4v) is 2.05. The first-order chi connectivity index (χ1) is 9.40. The first-order valence-electron chi connectivity index (χ1n) is 7.03. The molecule has 1 aliphatic heterocycles. The van der Waals surface area contributed by atoms with Gasteiger partial charge in [-0.3, -0.25) is 9.69 Å². The van der Waals surface area contributed by atoms with Crippen LogP contribution >= 0.6 is 0 Å². The Bertz CT molecular complexity index is 347. The lowest BCUT2D eigenvalue weighted by Crippen LogP contribution is -2.54. The van der Waals surface area contributed by atoms with Gasteiger partial charge in [-0.05, 0) is 20.8 Å². The molecule has 1 N–H and O–H groups in total. The van der Waals surface area contributed by atoms with Crippen LogP contribution in [-0.2, 0) is 14.3 Å². The molecule has 0 radical (unpaired) electrons. The monoisotopic (exact) mass is 283 g/mol. The summed E-state index contributed by atoms with van der Waals surface area (Å²) in [6, 6.07) is 2.24. The summed E-state index contributed by atoms with van der Waals surface area (Å²) >= 11 is 0. The average Bonchev–Trinajstić information content (AvgIpc) is 2.32. The van der Waals surface area contributed by atoms with Crippen LogP contribution in [-0.4, -0.2) is 61.9 Å². The maximum Gasteiger partial charge on any atom is 0.320 e. The second-order valence-corrected chi connectivity index (χ2v) is 5.96. The molecular weight excluding hydrogens is 258 g/mol. The van der Waals surface area contributed by atoms with E-state index in [1.807, 2.05) is 26.8 Å². The maximum absolute atomic E-state index is 11.8. The molecule has 0 aromatic carbocycles. The Hall–Kier alpha value is -1.16. The standard InChI is InChI=1S/C14H25N3O3/c1-14(2,3)20-13(18)10-17-7-6-16-12(9-17)11-19-8-4-5-15/h12,16H,4,6-11H2,1-3H3. The van der Waals surface area contributed by atoms with Gasteiger partial charge >= 0.3 is 5.97 Å². The highest BCUT2D eigenvalue weighted by atomic mass is 16.6. The Morgan fingerprint density at radius 3 is 2.90 bits per heavy atom. The summed E-state index contributed by atoms with van der Waals surface area (Å²) in [6.45, 7) is 9.35. The lowest BCUT2D eigenvalue weighted by molar-refractivity contribution is -0.156. The van der Waals surface area contributed by atoms with Crippen molar-refractivity contribution in [2.45, 2.75) is 38.8 Å². The normalized spacial score (nSPS) is 20.4. The van der Waals surface area contributed by atoms with E-state index in [-0.39, 0.29) is 12.0 Å². The molecule has 0 saturated carbocycles. The summed E-state index contributed by atoms with van der Waals surface area (Å²) in [5, 5.41) is 11.8. The summed E-state index contributed by atoms with van der Waals surface area (Å²) < 4.78 is 10.7. The summed E-state index contributed by atoms with van der Waals surface area (Å²) in [7, 11) is 0. The van der Waals surface area contributed by atoms with Gasteiger partial charge in [-0.2, -0.15) is 5.26 Å². The number of ether oxygens (including phenoxy) is 2. The molecule has 20 heavy (non-hydrogen) atoms. The molecule has 1 atom stereocenters. The van der Waals surface area contributed by atoms with Gasteiger partial charge in [0.15, 0.2) is 0 Å². The summed E-state index contributed by atoms with van der Waals surface area (Å²) in [5.41, 5.74) is -0.440. The molecule has 1 aliphatic rings. The molecule has 1 rings (SSSR count). The second kappa shape index (κ2) is 8.20. The fraction of sp³-hybridized carbons (Fsp3) is 0.857. The number of rotatable bonds is 6. The Kier molecular flexibility index (Phi) is 6.93. The van der Waals surface area contributed by atoms with Crippen molar-refractivity contribution in [2.75, 3.05) is 39.4 Å². The van der Waals surface area contributed by atoms with Crippen molar-refractivity contribution < 1.29 is 14.3 Å². The molecular formula is C14H25N3O3. The molecule has 1 fully saturated rings. The number of hydrogen-bond donors (Lipinski definition) is 1. The zero-order chi connectivity index (χ0) is 15.0. The minimum atomic E-state index is -0.440. The van der Waals surface area contributed by atoms with Crippen molar-refractivity contribution in [3.8, 4) is 6.07 Å².